The van der Waals surface area contributed by atoms with E-state index in [-0.39, 0.29) is 13.2 Å². The summed E-state index contributed by atoms with van der Waals surface area (Å²) in [5.41, 5.74) is -2.33. The Balaban J connectivity index is 2.19. The highest BCUT2D eigenvalue weighted by Crippen LogP contribution is 2.35. The molecule has 0 aromatic heterocycles. The fourth-order valence-electron chi connectivity index (χ4n) is 3.05. The minimum absolute atomic E-state index is 0.216. The molecule has 0 radical (unpaired) electrons. The van der Waals surface area contributed by atoms with E-state index in [1.165, 1.54) is 17.7 Å². The van der Waals surface area contributed by atoms with Crippen LogP contribution in [-0.4, -0.2) is 39.2 Å². The Morgan fingerprint density at radius 1 is 1.30 bits per heavy atom. The first-order valence-electron chi connectivity index (χ1n) is 8.51. The Morgan fingerprint density at radius 3 is 2.52 bits per heavy atom. The van der Waals surface area contributed by atoms with Crippen LogP contribution in [0.3, 0.4) is 0 Å². The number of esters is 1. The molecule has 27 heavy (non-hydrogen) atoms. The van der Waals surface area contributed by atoms with Crippen molar-refractivity contribution in [2.24, 2.45) is 0 Å². The number of benzene rings is 1. The van der Waals surface area contributed by atoms with E-state index in [0.29, 0.717) is 11.3 Å². The second kappa shape index (κ2) is 8.05. The lowest BCUT2D eigenvalue weighted by Gasteiger charge is -2.19. The monoisotopic (exact) mass is 409 g/mol. The standard InChI is InChI=1S/C17H22F3NO5S/c1-4-25-16(22)14-8-15(11(3)12-6-5-7-13(12)14)26-9-10(2)21-27(23,24)17(18,19)20/h8,10,21H,4-7,9H2,1-3H3/t10-/m0/s1. The molecule has 152 valence electrons. The highest BCUT2D eigenvalue weighted by Gasteiger charge is 2.46. The van der Waals surface area contributed by atoms with E-state index in [1.807, 2.05) is 0 Å². The largest absolute Gasteiger partial charge is 0.511 e. The van der Waals surface area contributed by atoms with Crippen LogP contribution in [0.25, 0.3) is 0 Å². The molecule has 0 unspecified atom stereocenters. The van der Waals surface area contributed by atoms with Crippen LogP contribution in [0.1, 0.15) is 47.3 Å². The lowest BCUT2D eigenvalue weighted by Crippen LogP contribution is -2.43. The molecule has 1 N–H and O–H groups in total. The van der Waals surface area contributed by atoms with Crippen LogP contribution in [-0.2, 0) is 27.6 Å². The molecule has 0 bridgehead atoms. The maximum Gasteiger partial charge on any atom is 0.511 e. The summed E-state index contributed by atoms with van der Waals surface area (Å²) in [6.07, 6.45) is 2.39. The van der Waals surface area contributed by atoms with Crippen LogP contribution in [0.4, 0.5) is 13.2 Å². The Bertz CT molecular complexity index is 821. The molecule has 0 saturated carbocycles. The fourth-order valence-corrected chi connectivity index (χ4v) is 3.78. The second-order valence-corrected chi connectivity index (χ2v) is 8.06. The molecule has 1 aromatic carbocycles. The van der Waals surface area contributed by atoms with Crippen LogP contribution in [0, 0.1) is 6.92 Å². The zero-order chi connectivity index (χ0) is 20.4. The topological polar surface area (TPSA) is 81.7 Å². The van der Waals surface area contributed by atoms with Gasteiger partial charge in [0.15, 0.2) is 0 Å². The average Bonchev–Trinajstić information content (AvgIpc) is 3.03. The van der Waals surface area contributed by atoms with Crippen molar-refractivity contribution in [1.82, 2.24) is 4.72 Å². The van der Waals surface area contributed by atoms with E-state index in [1.54, 1.807) is 13.8 Å². The first-order chi connectivity index (χ1) is 12.5. The van der Waals surface area contributed by atoms with Crippen molar-refractivity contribution in [2.45, 2.75) is 51.6 Å². The van der Waals surface area contributed by atoms with E-state index in [4.69, 9.17) is 9.47 Å². The van der Waals surface area contributed by atoms with Gasteiger partial charge < -0.3 is 9.47 Å². The summed E-state index contributed by atoms with van der Waals surface area (Å²) >= 11 is 0. The first-order valence-corrected chi connectivity index (χ1v) is 10.00. The van der Waals surface area contributed by atoms with Gasteiger partial charge in [0.25, 0.3) is 0 Å². The smallest absolute Gasteiger partial charge is 0.492 e. The van der Waals surface area contributed by atoms with E-state index < -0.39 is 27.5 Å². The zero-order valence-electron chi connectivity index (χ0n) is 15.3. The summed E-state index contributed by atoms with van der Waals surface area (Å²) in [5, 5.41) is 0. The number of rotatable bonds is 7. The predicted molar refractivity (Wildman–Crippen MR) is 92.2 cm³/mol. The van der Waals surface area contributed by atoms with Crippen LogP contribution in [0.15, 0.2) is 6.07 Å². The molecule has 1 aliphatic rings. The number of hydrogen-bond donors (Lipinski definition) is 1. The van der Waals surface area contributed by atoms with Crippen molar-refractivity contribution in [3.63, 3.8) is 0 Å². The Labute approximate surface area is 156 Å². The van der Waals surface area contributed by atoms with Crippen molar-refractivity contribution in [3.05, 3.63) is 28.3 Å². The van der Waals surface area contributed by atoms with Gasteiger partial charge in [-0.25, -0.2) is 17.9 Å². The Morgan fingerprint density at radius 2 is 1.93 bits per heavy atom. The number of nitrogens with one attached hydrogen (secondary N) is 1. The summed E-state index contributed by atoms with van der Waals surface area (Å²) in [6, 6.07) is 0.401. The molecular formula is C17H22F3NO5S. The molecule has 2 rings (SSSR count). The van der Waals surface area contributed by atoms with Gasteiger partial charge in [-0.1, -0.05) is 0 Å². The molecule has 1 atom stereocenters. The normalized spacial score (nSPS) is 15.3. The summed E-state index contributed by atoms with van der Waals surface area (Å²) in [5.74, 6) is -0.150. The van der Waals surface area contributed by atoms with Crippen molar-refractivity contribution in [1.29, 1.82) is 0 Å². The molecule has 0 saturated heterocycles. The molecule has 1 aromatic rings. The summed E-state index contributed by atoms with van der Waals surface area (Å²) < 4.78 is 71.8. The zero-order valence-corrected chi connectivity index (χ0v) is 16.1. The van der Waals surface area contributed by atoms with Gasteiger partial charge in [0.05, 0.1) is 18.2 Å². The molecule has 0 fully saturated rings. The molecular weight excluding hydrogens is 387 g/mol. The number of sulfonamides is 1. The fraction of sp³-hybridized carbons (Fsp3) is 0.588. The van der Waals surface area contributed by atoms with Crippen LogP contribution in [0.5, 0.6) is 5.75 Å². The number of carbonyl (C=O) groups is 1. The molecule has 0 spiro atoms. The lowest BCUT2D eigenvalue weighted by molar-refractivity contribution is -0.0451. The van der Waals surface area contributed by atoms with Gasteiger partial charge in [-0.2, -0.15) is 13.2 Å². The molecule has 10 heteroatoms. The molecule has 1 aliphatic carbocycles. The van der Waals surface area contributed by atoms with Crippen LogP contribution in [0.2, 0.25) is 0 Å². The highest BCUT2D eigenvalue weighted by molar-refractivity contribution is 7.90. The van der Waals surface area contributed by atoms with Gasteiger partial charge in [-0.05, 0) is 62.8 Å². The van der Waals surface area contributed by atoms with Crippen molar-refractivity contribution in [3.8, 4) is 5.75 Å². The third-order valence-corrected chi connectivity index (χ3v) is 5.61. The van der Waals surface area contributed by atoms with E-state index in [0.717, 1.165) is 36.0 Å². The summed E-state index contributed by atoms with van der Waals surface area (Å²) in [4.78, 5) is 12.2. The quantitative estimate of drug-likeness (QED) is 0.701. The number of alkyl halides is 3. The van der Waals surface area contributed by atoms with Gasteiger partial charge in [0.2, 0.25) is 0 Å². The third kappa shape index (κ3) is 4.73. The summed E-state index contributed by atoms with van der Waals surface area (Å²) in [6.45, 7) is 4.65. The van der Waals surface area contributed by atoms with Gasteiger partial charge in [0.1, 0.15) is 12.4 Å². The van der Waals surface area contributed by atoms with Crippen molar-refractivity contribution in [2.75, 3.05) is 13.2 Å². The maximum atomic E-state index is 12.4. The molecule has 0 amide bonds. The number of halogens is 3. The highest BCUT2D eigenvalue weighted by atomic mass is 32.2. The number of carbonyl (C=O) groups excluding carboxylic acids is 1. The number of hydrogen-bond acceptors (Lipinski definition) is 5. The Hall–Kier alpha value is -1.81. The number of ether oxygens (including phenoxy) is 2. The van der Waals surface area contributed by atoms with E-state index in [9.17, 15) is 26.4 Å². The lowest BCUT2D eigenvalue weighted by atomic mass is 9.98. The van der Waals surface area contributed by atoms with Crippen LogP contribution < -0.4 is 9.46 Å². The van der Waals surface area contributed by atoms with Gasteiger partial charge in [-0.3, -0.25) is 0 Å². The third-order valence-electron chi connectivity index (χ3n) is 4.29. The SMILES string of the molecule is CCOC(=O)c1cc(OC[C@H](C)NS(=O)(=O)C(F)(F)F)c(C)c2c1CCC2. The molecule has 6 nitrogen and oxygen atoms in total. The minimum Gasteiger partial charge on any atom is -0.492 e. The van der Waals surface area contributed by atoms with Gasteiger partial charge >= 0.3 is 21.5 Å². The van der Waals surface area contributed by atoms with Crippen LogP contribution >= 0.6 is 0 Å². The van der Waals surface area contributed by atoms with Gasteiger partial charge in [-0.15, -0.1) is 0 Å². The minimum atomic E-state index is -5.45. The van der Waals surface area contributed by atoms with E-state index >= 15 is 0 Å². The van der Waals surface area contributed by atoms with Crippen molar-refractivity contribution >= 4 is 16.0 Å². The Kier molecular flexibility index (Phi) is 6.41. The second-order valence-electron chi connectivity index (χ2n) is 6.36. The predicted octanol–water partition coefficient (Wildman–Crippen LogP) is 2.87. The maximum absolute atomic E-state index is 12.4. The van der Waals surface area contributed by atoms with Gasteiger partial charge in [0, 0.05) is 0 Å². The number of fused-ring (bicyclic) bond motifs is 1. The first kappa shape index (κ1) is 21.5. The average molecular weight is 409 g/mol. The summed E-state index contributed by atoms with van der Waals surface area (Å²) in [7, 11) is -5.45. The van der Waals surface area contributed by atoms with Crippen molar-refractivity contribution < 1.29 is 35.9 Å². The molecule has 0 heterocycles. The van der Waals surface area contributed by atoms with E-state index in [2.05, 4.69) is 0 Å². The molecule has 0 aliphatic heterocycles.